The van der Waals surface area contributed by atoms with Gasteiger partial charge in [-0.25, -0.2) is 0 Å². The van der Waals surface area contributed by atoms with Crippen molar-refractivity contribution in [1.82, 2.24) is 9.47 Å². The largest absolute Gasteiger partial charge is 0.383 e. The van der Waals surface area contributed by atoms with E-state index in [9.17, 15) is 4.79 Å². The van der Waals surface area contributed by atoms with E-state index in [-0.39, 0.29) is 11.8 Å². The van der Waals surface area contributed by atoms with E-state index in [0.717, 1.165) is 42.9 Å². The lowest BCUT2D eigenvalue weighted by Crippen LogP contribution is -2.54. The summed E-state index contributed by atoms with van der Waals surface area (Å²) in [5.41, 5.74) is 3.04. The molecule has 0 aromatic carbocycles. The van der Waals surface area contributed by atoms with Crippen molar-refractivity contribution >= 4 is 5.78 Å². The first-order valence-electron chi connectivity index (χ1n) is 9.59. The number of aromatic nitrogens is 1. The number of hydrogen-bond acceptors (Lipinski definition) is 4. The molecule has 3 atom stereocenters. The molecule has 1 aromatic heterocycles. The maximum atomic E-state index is 13.0. The molecule has 1 aliphatic carbocycles. The Kier molecular flexibility index (Phi) is 5.97. The molecule has 0 bridgehead atoms. The van der Waals surface area contributed by atoms with Crippen LogP contribution in [0.1, 0.15) is 60.4 Å². The van der Waals surface area contributed by atoms with Gasteiger partial charge in [0.1, 0.15) is 0 Å². The minimum atomic E-state index is 0.232. The monoisotopic (exact) mass is 348 g/mol. The number of morpholine rings is 1. The molecule has 1 aliphatic heterocycles. The van der Waals surface area contributed by atoms with Crippen molar-refractivity contribution in [3.05, 3.63) is 23.0 Å². The Balaban J connectivity index is 1.74. The van der Waals surface area contributed by atoms with E-state index in [2.05, 4.69) is 30.2 Å². The summed E-state index contributed by atoms with van der Waals surface area (Å²) < 4.78 is 13.4. The summed E-state index contributed by atoms with van der Waals surface area (Å²) in [6.07, 6.45) is 5.12. The number of nitrogens with zero attached hydrogens (tertiary/aromatic N) is 2. The summed E-state index contributed by atoms with van der Waals surface area (Å²) >= 11 is 0. The normalized spacial score (nSPS) is 25.6. The molecular formula is C20H32N2O3. The first kappa shape index (κ1) is 18.6. The molecule has 5 heteroatoms. The SMILES string of the molecule is COC[C@H](C)n1c(C)cc(C(=O)CN2CCO[C@@H]3CCCC[C@H]32)c1C. The van der Waals surface area contributed by atoms with E-state index in [4.69, 9.17) is 9.47 Å². The molecule has 1 saturated heterocycles. The first-order valence-corrected chi connectivity index (χ1v) is 9.59. The predicted molar refractivity (Wildman–Crippen MR) is 98.4 cm³/mol. The molecule has 0 spiro atoms. The van der Waals surface area contributed by atoms with Crippen LogP contribution in [0.2, 0.25) is 0 Å². The van der Waals surface area contributed by atoms with E-state index >= 15 is 0 Å². The zero-order valence-electron chi connectivity index (χ0n) is 16.1. The van der Waals surface area contributed by atoms with Crippen molar-refractivity contribution in [1.29, 1.82) is 0 Å². The third-order valence-electron chi connectivity index (χ3n) is 5.83. The fourth-order valence-electron chi connectivity index (χ4n) is 4.70. The third-order valence-corrected chi connectivity index (χ3v) is 5.83. The van der Waals surface area contributed by atoms with Crippen molar-refractivity contribution in [2.75, 3.05) is 33.4 Å². The molecule has 2 aliphatic rings. The van der Waals surface area contributed by atoms with E-state index in [0.29, 0.717) is 25.3 Å². The van der Waals surface area contributed by atoms with Crippen LogP contribution in [0.3, 0.4) is 0 Å². The zero-order chi connectivity index (χ0) is 18.0. The summed E-state index contributed by atoms with van der Waals surface area (Å²) in [7, 11) is 1.72. The van der Waals surface area contributed by atoms with E-state index in [1.165, 1.54) is 12.8 Å². The van der Waals surface area contributed by atoms with Crippen LogP contribution in [0.4, 0.5) is 0 Å². The van der Waals surface area contributed by atoms with Gasteiger partial charge in [0.05, 0.1) is 31.9 Å². The van der Waals surface area contributed by atoms with Crippen LogP contribution < -0.4 is 0 Å². The molecule has 140 valence electrons. The predicted octanol–water partition coefficient (Wildman–Crippen LogP) is 3.14. The summed E-state index contributed by atoms with van der Waals surface area (Å²) in [6, 6.07) is 2.70. The Morgan fingerprint density at radius 2 is 2.12 bits per heavy atom. The summed E-state index contributed by atoms with van der Waals surface area (Å²) in [4.78, 5) is 15.4. The van der Waals surface area contributed by atoms with Gasteiger partial charge in [-0.2, -0.15) is 0 Å². The standard InChI is InChI=1S/C20H32N2O3/c1-14-11-17(16(3)22(14)15(2)13-24-4)19(23)12-21-9-10-25-20-8-6-5-7-18(20)21/h11,15,18,20H,5-10,12-13H2,1-4H3/t15-,18+,20+/m0/s1. The maximum absolute atomic E-state index is 13.0. The van der Waals surface area contributed by atoms with Gasteiger partial charge in [0.2, 0.25) is 0 Å². The number of rotatable bonds is 6. The third kappa shape index (κ3) is 3.83. The number of hydrogen-bond donors (Lipinski definition) is 0. The second-order valence-corrected chi connectivity index (χ2v) is 7.61. The van der Waals surface area contributed by atoms with E-state index in [1.807, 2.05) is 6.07 Å². The summed E-state index contributed by atoms with van der Waals surface area (Å²) in [6.45, 7) is 9.03. The molecule has 5 nitrogen and oxygen atoms in total. The van der Waals surface area contributed by atoms with Crippen molar-refractivity contribution in [2.24, 2.45) is 0 Å². The van der Waals surface area contributed by atoms with Gasteiger partial charge in [0.25, 0.3) is 0 Å². The van der Waals surface area contributed by atoms with Crippen LogP contribution >= 0.6 is 0 Å². The lowest BCUT2D eigenvalue weighted by atomic mass is 9.90. The fraction of sp³-hybridized carbons (Fsp3) is 0.750. The van der Waals surface area contributed by atoms with Crippen LogP contribution in [0.15, 0.2) is 6.07 Å². The lowest BCUT2D eigenvalue weighted by Gasteiger charge is -2.43. The van der Waals surface area contributed by atoms with Crippen molar-refractivity contribution in [3.63, 3.8) is 0 Å². The molecule has 0 amide bonds. The molecular weight excluding hydrogens is 316 g/mol. The average molecular weight is 348 g/mol. The van der Waals surface area contributed by atoms with Gasteiger partial charge >= 0.3 is 0 Å². The fourth-order valence-corrected chi connectivity index (χ4v) is 4.70. The van der Waals surface area contributed by atoms with E-state index < -0.39 is 0 Å². The zero-order valence-corrected chi connectivity index (χ0v) is 16.1. The molecule has 0 unspecified atom stereocenters. The number of methoxy groups -OCH3 is 1. The smallest absolute Gasteiger partial charge is 0.178 e. The molecule has 1 saturated carbocycles. The number of aryl methyl sites for hydroxylation is 1. The van der Waals surface area contributed by atoms with Gasteiger partial charge in [-0.15, -0.1) is 0 Å². The number of carbonyl (C=O) groups excluding carboxylic acids is 1. The van der Waals surface area contributed by atoms with Crippen molar-refractivity contribution in [2.45, 2.75) is 64.6 Å². The number of ether oxygens (including phenoxy) is 2. The Morgan fingerprint density at radius 1 is 1.36 bits per heavy atom. The van der Waals surface area contributed by atoms with Crippen molar-refractivity contribution in [3.8, 4) is 0 Å². The van der Waals surface area contributed by atoms with Gasteiger partial charge < -0.3 is 14.0 Å². The van der Waals surface area contributed by atoms with Gasteiger partial charge in [-0.1, -0.05) is 12.8 Å². The molecule has 25 heavy (non-hydrogen) atoms. The highest BCUT2D eigenvalue weighted by molar-refractivity contribution is 5.99. The van der Waals surface area contributed by atoms with Gasteiger partial charge in [0.15, 0.2) is 5.78 Å². The van der Waals surface area contributed by atoms with Crippen LogP contribution in [-0.2, 0) is 9.47 Å². The van der Waals surface area contributed by atoms with Gasteiger partial charge in [-0.05, 0) is 39.7 Å². The molecule has 3 rings (SSSR count). The quantitative estimate of drug-likeness (QED) is 0.741. The van der Waals surface area contributed by atoms with Crippen LogP contribution in [-0.4, -0.2) is 60.8 Å². The highest BCUT2D eigenvalue weighted by Gasteiger charge is 2.35. The highest BCUT2D eigenvalue weighted by atomic mass is 16.5. The molecule has 2 heterocycles. The second-order valence-electron chi connectivity index (χ2n) is 7.61. The minimum absolute atomic E-state index is 0.232. The molecule has 0 radical (unpaired) electrons. The van der Waals surface area contributed by atoms with E-state index in [1.54, 1.807) is 7.11 Å². The maximum Gasteiger partial charge on any atom is 0.178 e. The molecule has 0 N–H and O–H groups in total. The topological polar surface area (TPSA) is 43.7 Å². The van der Waals surface area contributed by atoms with Gasteiger partial charge in [0, 0.05) is 36.6 Å². The van der Waals surface area contributed by atoms with Crippen molar-refractivity contribution < 1.29 is 14.3 Å². The number of ketones is 1. The second kappa shape index (κ2) is 8.02. The van der Waals surface area contributed by atoms with Crippen LogP contribution in [0, 0.1) is 13.8 Å². The Labute approximate surface area is 151 Å². The average Bonchev–Trinajstić information content (AvgIpc) is 2.90. The van der Waals surface area contributed by atoms with Gasteiger partial charge in [-0.3, -0.25) is 9.69 Å². The summed E-state index contributed by atoms with van der Waals surface area (Å²) in [5, 5.41) is 0. The van der Waals surface area contributed by atoms with Crippen LogP contribution in [0.5, 0.6) is 0 Å². The lowest BCUT2D eigenvalue weighted by molar-refractivity contribution is -0.0846. The number of carbonyl (C=O) groups is 1. The minimum Gasteiger partial charge on any atom is -0.383 e. The Morgan fingerprint density at radius 3 is 2.88 bits per heavy atom. The highest BCUT2D eigenvalue weighted by Crippen LogP contribution is 2.29. The molecule has 1 aromatic rings. The molecule has 2 fully saturated rings. The van der Waals surface area contributed by atoms with Crippen LogP contribution in [0.25, 0.3) is 0 Å². The number of Topliss-reactive ketones (excluding diaryl/α,β-unsaturated/α-hetero) is 1. The Bertz CT molecular complexity index is 608. The Hall–Kier alpha value is -1.17. The number of fused-ring (bicyclic) bond motifs is 1. The summed E-state index contributed by atoms with van der Waals surface area (Å²) in [5.74, 6) is 0.232. The first-order chi connectivity index (χ1) is 12.0.